The summed E-state index contributed by atoms with van der Waals surface area (Å²) in [6.45, 7) is 2.04. The minimum absolute atomic E-state index is 0.271. The molecule has 5 heteroatoms. The fourth-order valence-corrected chi connectivity index (χ4v) is 2.72. The van der Waals surface area contributed by atoms with Gasteiger partial charge in [0.1, 0.15) is 5.82 Å². The van der Waals surface area contributed by atoms with Crippen molar-refractivity contribution in [2.75, 3.05) is 18.4 Å². The Bertz CT molecular complexity index is 769. The molecule has 0 atom stereocenters. The molecule has 0 bridgehead atoms. The van der Waals surface area contributed by atoms with Gasteiger partial charge in [0.15, 0.2) is 0 Å². The van der Waals surface area contributed by atoms with Crippen molar-refractivity contribution in [3.63, 3.8) is 0 Å². The van der Waals surface area contributed by atoms with Crippen LogP contribution in [0.15, 0.2) is 48.5 Å². The molecule has 0 aliphatic carbocycles. The Morgan fingerprint density at radius 2 is 2.00 bits per heavy atom. The molecule has 0 unspecified atom stereocenters. The van der Waals surface area contributed by atoms with Crippen LogP contribution in [0.3, 0.4) is 0 Å². The van der Waals surface area contributed by atoms with E-state index in [4.69, 9.17) is 5.73 Å². The van der Waals surface area contributed by atoms with Crippen LogP contribution in [-0.2, 0) is 6.54 Å². The van der Waals surface area contributed by atoms with E-state index in [0.717, 1.165) is 30.6 Å². The number of carbonyl (C=O) groups is 1. The summed E-state index contributed by atoms with van der Waals surface area (Å²) < 4.78 is 14.4. The van der Waals surface area contributed by atoms with E-state index in [1.54, 1.807) is 24.3 Å². The van der Waals surface area contributed by atoms with Crippen LogP contribution in [0, 0.1) is 5.82 Å². The van der Waals surface area contributed by atoms with Crippen molar-refractivity contribution in [2.24, 2.45) is 5.73 Å². The lowest BCUT2D eigenvalue weighted by Gasteiger charge is -2.15. The zero-order chi connectivity index (χ0) is 16.9. The van der Waals surface area contributed by atoms with Gasteiger partial charge in [0.05, 0.1) is 0 Å². The fourth-order valence-electron chi connectivity index (χ4n) is 2.72. The van der Waals surface area contributed by atoms with Gasteiger partial charge in [0.2, 0.25) is 0 Å². The van der Waals surface area contributed by atoms with E-state index in [-0.39, 0.29) is 11.7 Å². The summed E-state index contributed by atoms with van der Waals surface area (Å²) in [5.74, 6) is -0.591. The Morgan fingerprint density at radius 3 is 2.62 bits per heavy atom. The maximum atomic E-state index is 14.4. The molecule has 1 heterocycles. The standard InChI is InChI=1S/C19H20FN3O/c20-18-11-16(5-6-17(18)14-7-9-22-10-8-14)23-19(24)15-3-1-13(12-21)2-4-15/h1-7,11,22H,8-10,12,21H2,(H,23,24). The molecule has 0 fully saturated rings. The van der Waals surface area contributed by atoms with Crippen LogP contribution < -0.4 is 16.4 Å². The second-order valence-electron chi connectivity index (χ2n) is 5.73. The first-order chi connectivity index (χ1) is 11.7. The highest BCUT2D eigenvalue weighted by Crippen LogP contribution is 2.25. The Balaban J connectivity index is 1.74. The number of halogens is 1. The van der Waals surface area contributed by atoms with Crippen molar-refractivity contribution in [1.29, 1.82) is 0 Å². The number of carbonyl (C=O) groups excluding carboxylic acids is 1. The van der Waals surface area contributed by atoms with Crippen molar-refractivity contribution < 1.29 is 9.18 Å². The van der Waals surface area contributed by atoms with E-state index in [2.05, 4.69) is 10.6 Å². The smallest absolute Gasteiger partial charge is 0.255 e. The molecule has 1 amide bonds. The molecular formula is C19H20FN3O. The Labute approximate surface area is 140 Å². The van der Waals surface area contributed by atoms with Gasteiger partial charge in [-0.1, -0.05) is 18.2 Å². The first kappa shape index (κ1) is 16.4. The van der Waals surface area contributed by atoms with Crippen LogP contribution in [0.1, 0.15) is 27.9 Å². The van der Waals surface area contributed by atoms with Crippen molar-refractivity contribution in [3.05, 3.63) is 71.0 Å². The van der Waals surface area contributed by atoms with E-state index >= 15 is 0 Å². The van der Waals surface area contributed by atoms with Crippen LogP contribution in [-0.4, -0.2) is 19.0 Å². The summed E-state index contributed by atoms with van der Waals surface area (Å²) in [5.41, 5.74) is 9.05. The highest BCUT2D eigenvalue weighted by molar-refractivity contribution is 6.04. The largest absolute Gasteiger partial charge is 0.326 e. The van der Waals surface area contributed by atoms with Gasteiger partial charge in [-0.15, -0.1) is 0 Å². The predicted octanol–water partition coefficient (Wildman–Crippen LogP) is 2.91. The summed E-state index contributed by atoms with van der Waals surface area (Å²) >= 11 is 0. The van der Waals surface area contributed by atoms with E-state index in [1.807, 2.05) is 18.2 Å². The van der Waals surface area contributed by atoms with Gasteiger partial charge >= 0.3 is 0 Å². The van der Waals surface area contributed by atoms with E-state index < -0.39 is 0 Å². The highest BCUT2D eigenvalue weighted by Gasteiger charge is 2.12. The van der Waals surface area contributed by atoms with Gasteiger partial charge in [-0.25, -0.2) is 4.39 Å². The van der Waals surface area contributed by atoms with E-state index in [9.17, 15) is 9.18 Å². The average Bonchev–Trinajstić information content (AvgIpc) is 2.62. The molecular weight excluding hydrogens is 305 g/mol. The molecule has 0 aromatic heterocycles. The second-order valence-corrected chi connectivity index (χ2v) is 5.73. The lowest BCUT2D eigenvalue weighted by atomic mass is 9.99. The van der Waals surface area contributed by atoms with Gasteiger partial charge < -0.3 is 16.4 Å². The molecule has 4 N–H and O–H groups in total. The van der Waals surface area contributed by atoms with Crippen LogP contribution >= 0.6 is 0 Å². The first-order valence-corrected chi connectivity index (χ1v) is 7.97. The van der Waals surface area contributed by atoms with E-state index in [1.165, 1.54) is 6.07 Å². The third kappa shape index (κ3) is 3.69. The minimum Gasteiger partial charge on any atom is -0.326 e. The topological polar surface area (TPSA) is 67.2 Å². The number of nitrogens with one attached hydrogen (secondary N) is 2. The quantitative estimate of drug-likeness (QED) is 0.810. The van der Waals surface area contributed by atoms with Gasteiger partial charge in [-0.2, -0.15) is 0 Å². The third-order valence-corrected chi connectivity index (χ3v) is 4.09. The molecule has 24 heavy (non-hydrogen) atoms. The summed E-state index contributed by atoms with van der Waals surface area (Å²) in [5, 5.41) is 5.93. The normalized spacial score (nSPS) is 14.2. The number of anilines is 1. The van der Waals surface area contributed by atoms with Crippen molar-refractivity contribution in [3.8, 4) is 0 Å². The lowest BCUT2D eigenvalue weighted by Crippen LogP contribution is -2.20. The molecule has 0 saturated carbocycles. The predicted molar refractivity (Wildman–Crippen MR) is 94.2 cm³/mol. The molecule has 4 nitrogen and oxygen atoms in total. The Morgan fingerprint density at radius 1 is 1.21 bits per heavy atom. The maximum Gasteiger partial charge on any atom is 0.255 e. The fraction of sp³-hybridized carbons (Fsp3) is 0.211. The molecule has 124 valence electrons. The van der Waals surface area contributed by atoms with E-state index in [0.29, 0.717) is 23.4 Å². The number of rotatable bonds is 4. The van der Waals surface area contributed by atoms with Gasteiger partial charge in [-0.05, 0) is 54.4 Å². The number of benzene rings is 2. The van der Waals surface area contributed by atoms with Crippen LogP contribution in [0.4, 0.5) is 10.1 Å². The number of nitrogens with two attached hydrogens (primary N) is 1. The summed E-state index contributed by atoms with van der Waals surface area (Å²) in [6, 6.07) is 11.9. The molecule has 1 aliphatic heterocycles. The Kier molecular flexibility index (Phi) is 5.03. The number of hydrogen-bond donors (Lipinski definition) is 3. The third-order valence-electron chi connectivity index (χ3n) is 4.09. The first-order valence-electron chi connectivity index (χ1n) is 7.97. The van der Waals surface area contributed by atoms with Crippen LogP contribution in [0.25, 0.3) is 5.57 Å². The second kappa shape index (κ2) is 7.38. The summed E-state index contributed by atoms with van der Waals surface area (Å²) in [7, 11) is 0. The highest BCUT2D eigenvalue weighted by atomic mass is 19.1. The van der Waals surface area contributed by atoms with Crippen molar-refractivity contribution in [2.45, 2.75) is 13.0 Å². The molecule has 0 radical (unpaired) electrons. The molecule has 3 rings (SSSR count). The zero-order valence-corrected chi connectivity index (χ0v) is 13.3. The molecule has 0 spiro atoms. The molecule has 0 saturated heterocycles. The monoisotopic (exact) mass is 325 g/mol. The summed E-state index contributed by atoms with van der Waals surface area (Å²) in [6.07, 6.45) is 2.80. The molecule has 1 aliphatic rings. The lowest BCUT2D eigenvalue weighted by molar-refractivity contribution is 0.102. The van der Waals surface area contributed by atoms with Crippen molar-refractivity contribution in [1.82, 2.24) is 5.32 Å². The van der Waals surface area contributed by atoms with Crippen LogP contribution in [0.2, 0.25) is 0 Å². The van der Waals surface area contributed by atoms with Crippen LogP contribution in [0.5, 0.6) is 0 Å². The number of hydrogen-bond acceptors (Lipinski definition) is 3. The molecule has 2 aromatic rings. The SMILES string of the molecule is NCc1ccc(C(=O)Nc2ccc(C3=CCNCC3)c(F)c2)cc1. The number of amides is 1. The van der Waals surface area contributed by atoms with Gasteiger partial charge in [0, 0.05) is 29.9 Å². The molecule has 2 aromatic carbocycles. The zero-order valence-electron chi connectivity index (χ0n) is 13.3. The van der Waals surface area contributed by atoms with Gasteiger partial charge in [-0.3, -0.25) is 4.79 Å². The van der Waals surface area contributed by atoms with Gasteiger partial charge in [0.25, 0.3) is 5.91 Å². The minimum atomic E-state index is -0.320. The average molecular weight is 325 g/mol. The van der Waals surface area contributed by atoms with Crippen molar-refractivity contribution >= 4 is 17.2 Å². The summed E-state index contributed by atoms with van der Waals surface area (Å²) in [4.78, 5) is 12.2. The maximum absolute atomic E-state index is 14.4. The Hall–Kier alpha value is -2.50.